The zero-order valence-corrected chi connectivity index (χ0v) is 12.5. The largest absolute Gasteiger partial charge is 0.469 e. The summed E-state index contributed by atoms with van der Waals surface area (Å²) in [6, 6.07) is 4.66. The minimum atomic E-state index is -0.428. The molecule has 0 aromatic heterocycles. The van der Waals surface area contributed by atoms with E-state index in [-0.39, 0.29) is 17.6 Å². The van der Waals surface area contributed by atoms with E-state index < -0.39 is 4.92 Å². The summed E-state index contributed by atoms with van der Waals surface area (Å²) < 4.78 is 4.77. The monoisotopic (exact) mass is 312 g/mol. The second-order valence-electron chi connectivity index (χ2n) is 5.09. The zero-order valence-electron chi connectivity index (χ0n) is 11.8. The Hall–Kier alpha value is -1.66. The molecule has 0 radical (unpaired) electrons. The van der Waals surface area contributed by atoms with Crippen LogP contribution in [0, 0.1) is 16.0 Å². The van der Waals surface area contributed by atoms with Gasteiger partial charge in [-0.2, -0.15) is 0 Å². The van der Waals surface area contributed by atoms with Crippen LogP contribution < -0.4 is 0 Å². The Morgan fingerprint density at radius 1 is 1.57 bits per heavy atom. The first-order valence-electron chi connectivity index (χ1n) is 6.75. The number of nitrogens with zero attached hydrogens (tertiary/aromatic N) is 2. The molecule has 1 atom stereocenters. The van der Waals surface area contributed by atoms with E-state index in [1.165, 1.54) is 13.2 Å². The van der Waals surface area contributed by atoms with Crippen molar-refractivity contribution >= 4 is 23.3 Å². The topological polar surface area (TPSA) is 72.7 Å². The smallest absolute Gasteiger partial charge is 0.309 e. The second kappa shape index (κ2) is 6.87. The lowest BCUT2D eigenvalue weighted by atomic mass is 9.97. The molecule has 21 heavy (non-hydrogen) atoms. The van der Waals surface area contributed by atoms with Gasteiger partial charge in [0.1, 0.15) is 0 Å². The van der Waals surface area contributed by atoms with E-state index in [2.05, 4.69) is 0 Å². The maximum atomic E-state index is 11.6. The number of likely N-dealkylation sites (tertiary alicyclic amines) is 1. The third-order valence-electron chi connectivity index (χ3n) is 3.71. The van der Waals surface area contributed by atoms with Crippen LogP contribution in [0.2, 0.25) is 5.02 Å². The zero-order chi connectivity index (χ0) is 15.4. The van der Waals surface area contributed by atoms with E-state index in [1.807, 2.05) is 4.90 Å². The van der Waals surface area contributed by atoms with Gasteiger partial charge in [0.05, 0.1) is 28.5 Å². The molecular formula is C14H17ClN2O4. The summed E-state index contributed by atoms with van der Waals surface area (Å²) in [5.74, 6) is -0.404. The van der Waals surface area contributed by atoms with Gasteiger partial charge in [-0.05, 0) is 25.5 Å². The normalized spacial score (nSPS) is 19.2. The number of hydrogen-bond acceptors (Lipinski definition) is 5. The Balaban J connectivity index is 2.15. The summed E-state index contributed by atoms with van der Waals surface area (Å²) >= 11 is 6.10. The van der Waals surface area contributed by atoms with Crippen molar-refractivity contribution < 1.29 is 14.5 Å². The number of hydrogen-bond donors (Lipinski definition) is 0. The number of ether oxygens (including phenoxy) is 1. The van der Waals surface area contributed by atoms with Crippen LogP contribution in [0.15, 0.2) is 18.2 Å². The molecule has 0 amide bonds. The average Bonchev–Trinajstić information content (AvgIpc) is 2.48. The molecule has 1 unspecified atom stereocenters. The molecule has 0 aliphatic carbocycles. The third-order valence-corrected chi connectivity index (χ3v) is 4.07. The van der Waals surface area contributed by atoms with E-state index in [4.69, 9.17) is 16.3 Å². The summed E-state index contributed by atoms with van der Waals surface area (Å²) in [6.07, 6.45) is 1.64. The number of rotatable bonds is 4. The standard InChI is InChI=1S/C14H17ClN2O4/c1-21-14(18)10-4-3-7-16(8-10)9-11-12(15)5-2-6-13(11)17(19)20/h2,5-6,10H,3-4,7-9H2,1H3. The van der Waals surface area contributed by atoms with Crippen LogP contribution >= 0.6 is 11.6 Å². The van der Waals surface area contributed by atoms with Gasteiger partial charge in [0, 0.05) is 19.2 Å². The Kier molecular flexibility index (Phi) is 5.14. The van der Waals surface area contributed by atoms with Crippen molar-refractivity contribution in [3.8, 4) is 0 Å². The number of halogens is 1. The fourth-order valence-electron chi connectivity index (χ4n) is 2.66. The maximum Gasteiger partial charge on any atom is 0.309 e. The quantitative estimate of drug-likeness (QED) is 0.485. The van der Waals surface area contributed by atoms with Gasteiger partial charge in [-0.15, -0.1) is 0 Å². The predicted octanol–water partition coefficient (Wildman–Crippen LogP) is 2.63. The lowest BCUT2D eigenvalue weighted by molar-refractivity contribution is -0.385. The van der Waals surface area contributed by atoms with Gasteiger partial charge in [-0.3, -0.25) is 19.8 Å². The number of carbonyl (C=O) groups excluding carboxylic acids is 1. The molecule has 1 aliphatic rings. The molecule has 0 N–H and O–H groups in total. The van der Waals surface area contributed by atoms with Crippen LogP contribution in [0.1, 0.15) is 18.4 Å². The van der Waals surface area contributed by atoms with Crippen LogP contribution in [-0.2, 0) is 16.1 Å². The number of piperidine rings is 1. The van der Waals surface area contributed by atoms with Crippen LogP contribution in [0.5, 0.6) is 0 Å². The van der Waals surface area contributed by atoms with Gasteiger partial charge in [0.15, 0.2) is 0 Å². The van der Waals surface area contributed by atoms with Gasteiger partial charge >= 0.3 is 5.97 Å². The summed E-state index contributed by atoms with van der Waals surface area (Å²) in [5, 5.41) is 11.5. The minimum absolute atomic E-state index is 0.0164. The fourth-order valence-corrected chi connectivity index (χ4v) is 2.89. The van der Waals surface area contributed by atoms with E-state index in [9.17, 15) is 14.9 Å². The number of nitro benzene ring substituents is 1. The Bertz CT molecular complexity index is 550. The molecule has 1 heterocycles. The highest BCUT2D eigenvalue weighted by molar-refractivity contribution is 6.31. The van der Waals surface area contributed by atoms with Gasteiger partial charge < -0.3 is 4.74 Å². The van der Waals surface area contributed by atoms with Crippen molar-refractivity contribution in [2.45, 2.75) is 19.4 Å². The average molecular weight is 313 g/mol. The van der Waals surface area contributed by atoms with Crippen LogP contribution in [0.4, 0.5) is 5.69 Å². The number of benzene rings is 1. The second-order valence-corrected chi connectivity index (χ2v) is 5.50. The molecule has 0 spiro atoms. The van der Waals surface area contributed by atoms with E-state index in [0.717, 1.165) is 19.4 Å². The lowest BCUT2D eigenvalue weighted by Crippen LogP contribution is -2.38. The molecular weight excluding hydrogens is 296 g/mol. The molecule has 7 heteroatoms. The highest BCUT2D eigenvalue weighted by atomic mass is 35.5. The lowest BCUT2D eigenvalue weighted by Gasteiger charge is -2.31. The fraction of sp³-hybridized carbons (Fsp3) is 0.500. The van der Waals surface area contributed by atoms with E-state index >= 15 is 0 Å². The molecule has 1 saturated heterocycles. The highest BCUT2D eigenvalue weighted by Crippen LogP contribution is 2.29. The van der Waals surface area contributed by atoms with E-state index in [1.54, 1.807) is 12.1 Å². The number of nitro groups is 1. The van der Waals surface area contributed by atoms with Crippen molar-refractivity contribution in [1.29, 1.82) is 0 Å². The van der Waals surface area contributed by atoms with Gasteiger partial charge in [0.25, 0.3) is 5.69 Å². The molecule has 1 fully saturated rings. The minimum Gasteiger partial charge on any atom is -0.469 e. The molecule has 2 rings (SSSR count). The molecule has 1 aliphatic heterocycles. The number of methoxy groups -OCH3 is 1. The Labute approximate surface area is 127 Å². The summed E-state index contributed by atoms with van der Waals surface area (Å²) in [6.45, 7) is 1.69. The van der Waals surface area contributed by atoms with Gasteiger partial charge in [-0.25, -0.2) is 0 Å². The molecule has 0 saturated carbocycles. The molecule has 1 aromatic carbocycles. The summed E-state index contributed by atoms with van der Waals surface area (Å²) in [4.78, 5) is 24.3. The molecule has 0 bridgehead atoms. The number of carbonyl (C=O) groups is 1. The summed E-state index contributed by atoms with van der Waals surface area (Å²) in [7, 11) is 1.38. The van der Waals surface area contributed by atoms with Crippen molar-refractivity contribution in [1.82, 2.24) is 4.90 Å². The van der Waals surface area contributed by atoms with Gasteiger partial charge in [-0.1, -0.05) is 17.7 Å². The molecule has 114 valence electrons. The van der Waals surface area contributed by atoms with Crippen LogP contribution in [0.25, 0.3) is 0 Å². The SMILES string of the molecule is COC(=O)C1CCCN(Cc2c(Cl)cccc2[N+](=O)[O-])C1. The van der Waals surface area contributed by atoms with Crippen LogP contribution in [0.3, 0.4) is 0 Å². The van der Waals surface area contributed by atoms with Crippen molar-refractivity contribution in [2.24, 2.45) is 5.92 Å². The summed E-state index contributed by atoms with van der Waals surface area (Å²) in [5.41, 5.74) is 0.511. The maximum absolute atomic E-state index is 11.6. The molecule has 1 aromatic rings. The first-order valence-corrected chi connectivity index (χ1v) is 7.12. The van der Waals surface area contributed by atoms with Crippen molar-refractivity contribution in [2.75, 3.05) is 20.2 Å². The first kappa shape index (κ1) is 15.7. The Morgan fingerprint density at radius 2 is 2.33 bits per heavy atom. The van der Waals surface area contributed by atoms with Gasteiger partial charge in [0.2, 0.25) is 0 Å². The Morgan fingerprint density at radius 3 is 3.00 bits per heavy atom. The third kappa shape index (κ3) is 3.71. The van der Waals surface area contributed by atoms with Crippen molar-refractivity contribution in [3.05, 3.63) is 38.9 Å². The first-order chi connectivity index (χ1) is 10.0. The highest BCUT2D eigenvalue weighted by Gasteiger charge is 2.28. The van der Waals surface area contributed by atoms with Crippen LogP contribution in [-0.4, -0.2) is 36.0 Å². The molecule has 6 nitrogen and oxygen atoms in total. The number of esters is 1. The van der Waals surface area contributed by atoms with Crippen molar-refractivity contribution in [3.63, 3.8) is 0 Å². The predicted molar refractivity (Wildman–Crippen MR) is 78.1 cm³/mol. The van der Waals surface area contributed by atoms with E-state index in [0.29, 0.717) is 23.7 Å².